The Bertz CT molecular complexity index is 1380. The summed E-state index contributed by atoms with van der Waals surface area (Å²) in [4.78, 5) is 16.9. The lowest BCUT2D eigenvalue weighted by atomic mass is 10.0. The number of carbonyl (C=O) groups is 1. The number of hydrogen-bond acceptors (Lipinski definition) is 3. The van der Waals surface area contributed by atoms with Gasteiger partial charge < -0.3 is 10.6 Å². The fourth-order valence-corrected chi connectivity index (χ4v) is 3.50. The summed E-state index contributed by atoms with van der Waals surface area (Å²) in [5, 5.41) is 8.07. The molecule has 0 aliphatic rings. The van der Waals surface area contributed by atoms with Crippen molar-refractivity contribution in [3.05, 3.63) is 71.2 Å². The first-order chi connectivity index (χ1) is 16.4. The minimum Gasteiger partial charge on any atom is -0.368 e. The summed E-state index contributed by atoms with van der Waals surface area (Å²) < 4.78 is 94.9. The van der Waals surface area contributed by atoms with Crippen molar-refractivity contribution in [3.63, 3.8) is 0 Å². The van der Waals surface area contributed by atoms with Gasteiger partial charge >= 0.3 is 12.4 Å². The zero-order chi connectivity index (χ0) is 25.5. The molecule has 0 bridgehead atoms. The molecule has 2 aromatic heterocycles. The van der Waals surface area contributed by atoms with Crippen molar-refractivity contribution in [2.75, 3.05) is 17.2 Å². The van der Waals surface area contributed by atoms with Gasteiger partial charge in [0.2, 0.25) is 0 Å². The van der Waals surface area contributed by atoms with Crippen LogP contribution in [0, 0.1) is 5.82 Å². The maximum Gasteiger partial charge on any atom is 0.417 e. The van der Waals surface area contributed by atoms with E-state index < -0.39 is 40.8 Å². The van der Waals surface area contributed by atoms with Crippen LogP contribution in [-0.2, 0) is 12.4 Å². The number of anilines is 2. The molecular weight excluding hydrogens is 483 g/mol. The SMILES string of the molecule is CCNc1c(-c2ccc(C(F)(F)F)cc2C(F)(F)F)nc2c(C(=O)Nc3ccc(F)cc3)c[nH]n12. The van der Waals surface area contributed by atoms with Crippen LogP contribution in [0.25, 0.3) is 16.9 Å². The Hall–Kier alpha value is -4.03. The van der Waals surface area contributed by atoms with Gasteiger partial charge in [-0.05, 0) is 43.3 Å². The molecule has 0 spiro atoms. The van der Waals surface area contributed by atoms with Crippen LogP contribution in [0.1, 0.15) is 28.4 Å². The van der Waals surface area contributed by atoms with Crippen LogP contribution in [0.2, 0.25) is 0 Å². The van der Waals surface area contributed by atoms with Gasteiger partial charge in [-0.1, -0.05) is 6.07 Å². The highest BCUT2D eigenvalue weighted by Gasteiger charge is 2.39. The third-order valence-corrected chi connectivity index (χ3v) is 5.05. The minimum absolute atomic E-state index is 0.0218. The molecule has 0 aliphatic carbocycles. The second kappa shape index (κ2) is 8.64. The van der Waals surface area contributed by atoms with Gasteiger partial charge in [0.1, 0.15) is 17.1 Å². The molecule has 0 unspecified atom stereocenters. The first-order valence-corrected chi connectivity index (χ1v) is 10.1. The summed E-state index contributed by atoms with van der Waals surface area (Å²) in [6.07, 6.45) is -8.82. The van der Waals surface area contributed by atoms with E-state index in [-0.39, 0.29) is 41.0 Å². The summed E-state index contributed by atoms with van der Waals surface area (Å²) in [7, 11) is 0. The largest absolute Gasteiger partial charge is 0.417 e. The van der Waals surface area contributed by atoms with Crippen LogP contribution in [0.15, 0.2) is 48.7 Å². The predicted molar refractivity (Wildman–Crippen MR) is 113 cm³/mol. The maximum absolute atomic E-state index is 13.8. The van der Waals surface area contributed by atoms with E-state index in [9.17, 15) is 35.5 Å². The van der Waals surface area contributed by atoms with Gasteiger partial charge in [-0.15, -0.1) is 0 Å². The first kappa shape index (κ1) is 24.1. The van der Waals surface area contributed by atoms with E-state index >= 15 is 0 Å². The second-order valence-electron chi connectivity index (χ2n) is 7.40. The van der Waals surface area contributed by atoms with Gasteiger partial charge in [0.25, 0.3) is 5.91 Å². The number of nitrogens with zero attached hydrogens (tertiary/aromatic N) is 2. The molecule has 0 saturated carbocycles. The minimum atomic E-state index is -5.11. The van der Waals surface area contributed by atoms with Crippen LogP contribution in [0.4, 0.5) is 42.2 Å². The number of fused-ring (bicyclic) bond motifs is 1. The maximum atomic E-state index is 13.8. The Kier molecular flexibility index (Phi) is 5.95. The van der Waals surface area contributed by atoms with Gasteiger partial charge in [0.05, 0.1) is 11.1 Å². The summed E-state index contributed by atoms with van der Waals surface area (Å²) in [5.41, 5.74) is -3.73. The molecule has 35 heavy (non-hydrogen) atoms. The number of hydrogen-bond donors (Lipinski definition) is 3. The molecule has 1 amide bonds. The number of carbonyl (C=O) groups excluding carboxylic acids is 1. The molecule has 0 atom stereocenters. The number of rotatable bonds is 5. The predicted octanol–water partition coefficient (Wildman–Crippen LogP) is 6.19. The summed E-state index contributed by atoms with van der Waals surface area (Å²) >= 11 is 0. The fourth-order valence-electron chi connectivity index (χ4n) is 3.50. The van der Waals surface area contributed by atoms with E-state index in [2.05, 4.69) is 20.7 Å². The normalized spacial score (nSPS) is 12.2. The molecule has 0 fully saturated rings. The third kappa shape index (κ3) is 4.66. The smallest absolute Gasteiger partial charge is 0.368 e. The van der Waals surface area contributed by atoms with Crippen molar-refractivity contribution < 1.29 is 35.5 Å². The number of aromatic nitrogens is 3. The molecule has 184 valence electrons. The molecule has 0 radical (unpaired) electrons. The highest BCUT2D eigenvalue weighted by atomic mass is 19.4. The van der Waals surface area contributed by atoms with Gasteiger partial charge in [0.15, 0.2) is 11.5 Å². The fraction of sp³-hybridized carbons (Fsp3) is 0.182. The molecule has 3 N–H and O–H groups in total. The number of H-pyrrole nitrogens is 1. The van der Waals surface area contributed by atoms with E-state index in [4.69, 9.17) is 0 Å². The lowest BCUT2D eigenvalue weighted by molar-refractivity contribution is -0.142. The Labute approximate surface area is 192 Å². The summed E-state index contributed by atoms with van der Waals surface area (Å²) in [6, 6.07) is 6.15. The Morgan fingerprint density at radius 2 is 1.71 bits per heavy atom. The van der Waals surface area contributed by atoms with Crippen molar-refractivity contribution in [3.8, 4) is 11.3 Å². The van der Waals surface area contributed by atoms with Crippen molar-refractivity contribution >= 4 is 23.1 Å². The van der Waals surface area contributed by atoms with Crippen LogP contribution in [0.5, 0.6) is 0 Å². The molecular formula is C22H16F7N5O. The van der Waals surface area contributed by atoms with Crippen molar-refractivity contribution in [2.45, 2.75) is 19.3 Å². The molecule has 4 rings (SSSR count). The molecule has 2 aromatic carbocycles. The number of aromatic amines is 1. The van der Waals surface area contributed by atoms with Crippen molar-refractivity contribution in [1.82, 2.24) is 14.6 Å². The number of benzene rings is 2. The Morgan fingerprint density at radius 1 is 1.03 bits per heavy atom. The molecule has 0 saturated heterocycles. The number of imidazole rings is 1. The lowest BCUT2D eigenvalue weighted by Crippen LogP contribution is -2.13. The Morgan fingerprint density at radius 3 is 2.31 bits per heavy atom. The molecule has 2 heterocycles. The molecule has 4 aromatic rings. The number of alkyl halides is 6. The van der Waals surface area contributed by atoms with Crippen LogP contribution in [0.3, 0.4) is 0 Å². The van der Waals surface area contributed by atoms with E-state index in [1.54, 1.807) is 6.92 Å². The number of nitrogens with one attached hydrogen (secondary N) is 3. The lowest BCUT2D eigenvalue weighted by Gasteiger charge is -2.16. The monoisotopic (exact) mass is 499 g/mol. The zero-order valence-electron chi connectivity index (χ0n) is 17.8. The van der Waals surface area contributed by atoms with E-state index in [0.29, 0.717) is 12.1 Å². The van der Waals surface area contributed by atoms with Gasteiger partial charge in [0, 0.05) is 24.0 Å². The average Bonchev–Trinajstić information content (AvgIpc) is 3.34. The molecule has 13 heteroatoms. The van der Waals surface area contributed by atoms with Crippen LogP contribution < -0.4 is 10.6 Å². The molecule has 6 nitrogen and oxygen atoms in total. The highest BCUT2D eigenvalue weighted by molar-refractivity contribution is 6.08. The van der Waals surface area contributed by atoms with E-state index in [1.807, 2.05) is 0 Å². The third-order valence-electron chi connectivity index (χ3n) is 5.05. The van der Waals surface area contributed by atoms with Crippen LogP contribution in [-0.4, -0.2) is 27.0 Å². The number of amides is 1. The summed E-state index contributed by atoms with van der Waals surface area (Å²) in [6.45, 7) is 1.89. The van der Waals surface area contributed by atoms with Crippen molar-refractivity contribution in [2.24, 2.45) is 0 Å². The first-order valence-electron chi connectivity index (χ1n) is 10.1. The van der Waals surface area contributed by atoms with Crippen molar-refractivity contribution in [1.29, 1.82) is 0 Å². The standard InChI is InChI=1S/C22H16F7N5O/c1-2-30-19-17(14-8-3-11(21(24,25)26)9-16(14)22(27,28)29)33-18-15(10-31-34(18)19)20(35)32-13-6-4-12(23)5-7-13/h3-10,30-31H,2H2,1H3,(H,32,35). The topological polar surface area (TPSA) is 74.2 Å². The zero-order valence-corrected chi connectivity index (χ0v) is 17.8. The molecule has 0 aliphatic heterocycles. The van der Waals surface area contributed by atoms with Gasteiger partial charge in [-0.25, -0.2) is 13.9 Å². The number of halogens is 7. The average molecular weight is 499 g/mol. The van der Waals surface area contributed by atoms with Gasteiger partial charge in [-0.2, -0.15) is 26.3 Å². The highest BCUT2D eigenvalue weighted by Crippen LogP contribution is 2.42. The van der Waals surface area contributed by atoms with Crippen LogP contribution >= 0.6 is 0 Å². The van der Waals surface area contributed by atoms with E-state index in [1.165, 1.54) is 22.8 Å². The van der Waals surface area contributed by atoms with E-state index in [0.717, 1.165) is 12.1 Å². The van der Waals surface area contributed by atoms with Gasteiger partial charge in [-0.3, -0.25) is 9.89 Å². The quantitative estimate of drug-likeness (QED) is 0.287. The second-order valence-corrected chi connectivity index (χ2v) is 7.40. The summed E-state index contributed by atoms with van der Waals surface area (Å²) in [5.74, 6) is -1.18. The Balaban J connectivity index is 1.84.